The molecule has 0 aromatic heterocycles. The van der Waals surface area contributed by atoms with Gasteiger partial charge in [-0.15, -0.1) is 11.8 Å². The van der Waals surface area contributed by atoms with Crippen molar-refractivity contribution in [3.05, 3.63) is 124 Å². The molecule has 0 fully saturated rings. The third-order valence-electron chi connectivity index (χ3n) is 6.61. The van der Waals surface area contributed by atoms with Gasteiger partial charge >= 0.3 is 0 Å². The number of thioether (sulfide) groups is 1. The van der Waals surface area contributed by atoms with Crippen LogP contribution >= 0.6 is 27.7 Å². The van der Waals surface area contributed by atoms with E-state index >= 15 is 0 Å². The summed E-state index contributed by atoms with van der Waals surface area (Å²) in [7, 11) is 0. The normalized spacial score (nSPS) is 11.8. The fraction of sp³-hybridized carbons (Fsp3) is 0.194. The molecule has 0 saturated carbocycles. The Morgan fingerprint density at radius 2 is 1.60 bits per heavy atom. The van der Waals surface area contributed by atoms with Gasteiger partial charge in [0.25, 0.3) is 11.8 Å². The highest BCUT2D eigenvalue weighted by Gasteiger charge is 2.19. The molecule has 0 saturated heterocycles. The van der Waals surface area contributed by atoms with Crippen LogP contribution < -0.4 is 20.7 Å². The number of rotatable bonds is 14. The van der Waals surface area contributed by atoms with Gasteiger partial charge in [0.15, 0.2) is 0 Å². The number of nitrogens with one attached hydrogen (secondary N) is 3. The molecule has 9 heteroatoms. The Hall–Kier alpha value is -4.34. The molecule has 4 aromatic carbocycles. The third kappa shape index (κ3) is 10.7. The first-order chi connectivity index (χ1) is 21.8. The number of halogens is 1. The van der Waals surface area contributed by atoms with E-state index in [-0.39, 0.29) is 16.9 Å². The minimum atomic E-state index is -0.478. The molecule has 7 nitrogen and oxygen atoms in total. The van der Waals surface area contributed by atoms with E-state index in [2.05, 4.69) is 38.8 Å². The number of hydrogen-bond acceptors (Lipinski definition) is 5. The molecule has 45 heavy (non-hydrogen) atoms. The average Bonchev–Trinajstić information content (AvgIpc) is 3.04. The highest BCUT2D eigenvalue weighted by Crippen LogP contribution is 2.29. The molecular weight excluding hydrogens is 650 g/mol. The van der Waals surface area contributed by atoms with Gasteiger partial charge in [0.1, 0.15) is 11.4 Å². The van der Waals surface area contributed by atoms with Crippen molar-refractivity contribution in [2.75, 3.05) is 17.2 Å². The van der Waals surface area contributed by atoms with Crippen LogP contribution in [0.4, 0.5) is 11.4 Å². The standard InChI is InChI=1S/C36H36BrN3O4S/c1-3-5-21-44-30-19-17-28(18-20-30)38-36(43)33(4-2)45-31-16-10-15-29(24-31)39-35(42)32(23-25-11-9-14-27(37)22-25)40-34(41)26-12-7-6-8-13-26/h6-20,22-24,33H,3-5,21H2,1-2H3,(H,38,43)(H,39,42)(H,40,41)/b32-23+. The van der Waals surface area contributed by atoms with Crippen molar-refractivity contribution in [3.8, 4) is 5.75 Å². The number of unbranched alkanes of at least 4 members (excludes halogenated alkanes) is 1. The monoisotopic (exact) mass is 685 g/mol. The molecule has 0 aliphatic heterocycles. The molecule has 0 radical (unpaired) electrons. The van der Waals surface area contributed by atoms with Crippen LogP contribution in [0.1, 0.15) is 49.0 Å². The lowest BCUT2D eigenvalue weighted by Gasteiger charge is -2.16. The first kappa shape index (κ1) is 33.6. The molecule has 0 aliphatic rings. The van der Waals surface area contributed by atoms with Gasteiger partial charge in [-0.05, 0) is 91.2 Å². The zero-order valence-electron chi connectivity index (χ0n) is 25.2. The first-order valence-electron chi connectivity index (χ1n) is 14.8. The van der Waals surface area contributed by atoms with Crippen molar-refractivity contribution in [1.82, 2.24) is 5.32 Å². The number of anilines is 2. The average molecular weight is 687 g/mol. The van der Waals surface area contributed by atoms with Crippen LogP contribution in [0.2, 0.25) is 0 Å². The minimum absolute atomic E-state index is 0.0904. The fourth-order valence-corrected chi connectivity index (χ4v) is 5.66. The third-order valence-corrected chi connectivity index (χ3v) is 8.46. The molecule has 1 unspecified atom stereocenters. The predicted molar refractivity (Wildman–Crippen MR) is 187 cm³/mol. The topological polar surface area (TPSA) is 96.5 Å². The van der Waals surface area contributed by atoms with Crippen molar-refractivity contribution in [3.63, 3.8) is 0 Å². The van der Waals surface area contributed by atoms with E-state index in [4.69, 9.17) is 4.74 Å². The Balaban J connectivity index is 1.44. The van der Waals surface area contributed by atoms with Gasteiger partial charge in [-0.3, -0.25) is 14.4 Å². The van der Waals surface area contributed by atoms with Crippen molar-refractivity contribution < 1.29 is 19.1 Å². The maximum atomic E-state index is 13.5. The SMILES string of the molecule is CCCCOc1ccc(NC(=O)C(CC)Sc2cccc(NC(=O)/C(=C\c3cccc(Br)c3)NC(=O)c3ccccc3)c2)cc1. The zero-order chi connectivity index (χ0) is 32.0. The van der Waals surface area contributed by atoms with Crippen LogP contribution in [-0.2, 0) is 9.59 Å². The van der Waals surface area contributed by atoms with Gasteiger partial charge in [-0.2, -0.15) is 0 Å². The van der Waals surface area contributed by atoms with Crippen LogP contribution in [-0.4, -0.2) is 29.6 Å². The maximum Gasteiger partial charge on any atom is 0.272 e. The summed E-state index contributed by atoms with van der Waals surface area (Å²) in [5.74, 6) is -0.212. The maximum absolute atomic E-state index is 13.5. The van der Waals surface area contributed by atoms with Gasteiger partial charge in [-0.1, -0.05) is 72.6 Å². The molecule has 4 aromatic rings. The Labute approximate surface area is 277 Å². The number of carbonyl (C=O) groups excluding carboxylic acids is 3. The summed E-state index contributed by atoms with van der Waals surface area (Å²) in [6.45, 7) is 4.74. The Kier molecular flexibility index (Phi) is 12.8. The molecule has 4 rings (SSSR count). The summed E-state index contributed by atoms with van der Waals surface area (Å²) < 4.78 is 6.55. The van der Waals surface area contributed by atoms with E-state index in [0.29, 0.717) is 30.0 Å². The van der Waals surface area contributed by atoms with Gasteiger partial charge in [0.05, 0.1) is 11.9 Å². The van der Waals surface area contributed by atoms with Crippen molar-refractivity contribution in [2.24, 2.45) is 0 Å². The second-order valence-electron chi connectivity index (χ2n) is 10.1. The molecule has 3 N–H and O–H groups in total. The Morgan fingerprint density at radius 1 is 0.844 bits per heavy atom. The molecule has 232 valence electrons. The number of benzene rings is 4. The van der Waals surface area contributed by atoms with Gasteiger partial charge in [0, 0.05) is 26.3 Å². The summed E-state index contributed by atoms with van der Waals surface area (Å²) in [5, 5.41) is 8.30. The molecule has 1 atom stereocenters. The molecule has 0 aliphatic carbocycles. The van der Waals surface area contributed by atoms with Crippen LogP contribution in [0.15, 0.2) is 118 Å². The molecule has 0 bridgehead atoms. The molecule has 0 heterocycles. The highest BCUT2D eigenvalue weighted by atomic mass is 79.9. The lowest BCUT2D eigenvalue weighted by molar-refractivity contribution is -0.116. The number of amides is 3. The van der Waals surface area contributed by atoms with Crippen LogP contribution in [0.3, 0.4) is 0 Å². The number of carbonyl (C=O) groups is 3. The van der Waals surface area contributed by atoms with Crippen LogP contribution in [0, 0.1) is 0 Å². The van der Waals surface area contributed by atoms with Gasteiger partial charge < -0.3 is 20.7 Å². The quantitative estimate of drug-likeness (QED) is 0.0702. The summed E-state index contributed by atoms with van der Waals surface area (Å²) in [4.78, 5) is 40.4. The fourth-order valence-electron chi connectivity index (χ4n) is 4.23. The summed E-state index contributed by atoms with van der Waals surface area (Å²) in [6, 6.07) is 30.8. The van der Waals surface area contributed by atoms with Crippen molar-refractivity contribution in [2.45, 2.75) is 43.3 Å². The minimum Gasteiger partial charge on any atom is -0.494 e. The summed E-state index contributed by atoms with van der Waals surface area (Å²) in [6.07, 6.45) is 4.29. The van der Waals surface area contributed by atoms with Gasteiger partial charge in [-0.25, -0.2) is 0 Å². The summed E-state index contributed by atoms with van der Waals surface area (Å²) >= 11 is 4.87. The summed E-state index contributed by atoms with van der Waals surface area (Å²) in [5.41, 5.74) is 2.50. The highest BCUT2D eigenvalue weighted by molar-refractivity contribution is 9.10. The van der Waals surface area contributed by atoms with E-state index in [1.807, 2.05) is 79.7 Å². The van der Waals surface area contributed by atoms with Crippen LogP contribution in [0.5, 0.6) is 5.75 Å². The molecular formula is C36H36BrN3O4S. The number of hydrogen-bond donors (Lipinski definition) is 3. The lowest BCUT2D eigenvalue weighted by Crippen LogP contribution is -2.30. The van der Waals surface area contributed by atoms with Crippen LogP contribution in [0.25, 0.3) is 6.08 Å². The first-order valence-corrected chi connectivity index (χ1v) is 16.5. The smallest absolute Gasteiger partial charge is 0.272 e. The predicted octanol–water partition coefficient (Wildman–Crippen LogP) is 8.55. The Bertz CT molecular complexity index is 1630. The van der Waals surface area contributed by atoms with Crippen molar-refractivity contribution >= 4 is 62.9 Å². The number of ether oxygens (including phenoxy) is 1. The molecule has 0 spiro atoms. The second kappa shape index (κ2) is 17.2. The van der Waals surface area contributed by atoms with Crippen molar-refractivity contribution in [1.29, 1.82) is 0 Å². The van der Waals surface area contributed by atoms with E-state index < -0.39 is 11.8 Å². The zero-order valence-corrected chi connectivity index (χ0v) is 27.6. The second-order valence-corrected chi connectivity index (χ2v) is 12.3. The largest absolute Gasteiger partial charge is 0.494 e. The molecule has 3 amide bonds. The van der Waals surface area contributed by atoms with Gasteiger partial charge in [0.2, 0.25) is 5.91 Å². The van der Waals surface area contributed by atoms with E-state index in [1.165, 1.54) is 11.8 Å². The lowest BCUT2D eigenvalue weighted by atomic mass is 10.1. The van der Waals surface area contributed by atoms with E-state index in [9.17, 15) is 14.4 Å². The Morgan fingerprint density at radius 3 is 2.31 bits per heavy atom. The van der Waals surface area contributed by atoms with E-state index in [1.54, 1.807) is 36.4 Å². The van der Waals surface area contributed by atoms with E-state index in [0.717, 1.165) is 33.5 Å².